The molecule has 2 unspecified atom stereocenters. The maximum atomic E-state index is 12.4. The van der Waals surface area contributed by atoms with Crippen LogP contribution in [0.4, 0.5) is 0 Å². The Morgan fingerprint density at radius 1 is 1.27 bits per heavy atom. The van der Waals surface area contributed by atoms with E-state index in [9.17, 15) is 9.59 Å². The number of fused-ring (bicyclic) bond motifs is 2. The lowest BCUT2D eigenvalue weighted by Gasteiger charge is -2.47. The summed E-state index contributed by atoms with van der Waals surface area (Å²) in [6, 6.07) is 0. The summed E-state index contributed by atoms with van der Waals surface area (Å²) in [5, 5.41) is 0. The first-order valence-corrected chi connectivity index (χ1v) is 8.70. The van der Waals surface area contributed by atoms with Crippen molar-refractivity contribution in [3.05, 3.63) is 34.9 Å². The van der Waals surface area contributed by atoms with Crippen molar-refractivity contribution in [1.82, 2.24) is 0 Å². The zero-order valence-electron chi connectivity index (χ0n) is 13.9. The van der Waals surface area contributed by atoms with Gasteiger partial charge in [-0.2, -0.15) is 0 Å². The Morgan fingerprint density at radius 3 is 2.68 bits per heavy atom. The summed E-state index contributed by atoms with van der Waals surface area (Å²) in [5.41, 5.74) is 3.80. The van der Waals surface area contributed by atoms with Gasteiger partial charge in [-0.1, -0.05) is 32.4 Å². The van der Waals surface area contributed by atoms with Crippen LogP contribution in [0, 0.1) is 17.3 Å². The van der Waals surface area contributed by atoms with E-state index in [0.29, 0.717) is 24.0 Å². The molecule has 0 saturated carbocycles. The number of hydrogen-bond acceptors (Lipinski definition) is 2. The van der Waals surface area contributed by atoms with Gasteiger partial charge in [0.2, 0.25) is 0 Å². The zero-order valence-corrected chi connectivity index (χ0v) is 13.9. The topological polar surface area (TPSA) is 34.1 Å². The summed E-state index contributed by atoms with van der Waals surface area (Å²) >= 11 is 0. The molecule has 0 aromatic rings. The third kappa shape index (κ3) is 2.15. The Bertz CT molecular complexity index is 605. The maximum Gasteiger partial charge on any atom is 0.156 e. The van der Waals surface area contributed by atoms with Crippen LogP contribution in [0.3, 0.4) is 0 Å². The van der Waals surface area contributed by atoms with Crippen LogP contribution >= 0.6 is 0 Å². The molecule has 0 aliphatic heterocycles. The summed E-state index contributed by atoms with van der Waals surface area (Å²) in [4.78, 5) is 24.1. The van der Waals surface area contributed by atoms with E-state index < -0.39 is 0 Å². The lowest BCUT2D eigenvalue weighted by atomic mass is 9.56. The van der Waals surface area contributed by atoms with Crippen molar-refractivity contribution in [2.24, 2.45) is 17.3 Å². The highest BCUT2D eigenvalue weighted by molar-refractivity contribution is 5.93. The standard InChI is InChI=1S/C20H26O2/c1-4-19-18-8-6-14-12-15(22)7-9-16(14)17(18)10-11-20(19,5-2)13(3)21/h10-12,18-19H,4-9H2,1-3H3/t18-,19?,20?/m1/s1. The smallest absolute Gasteiger partial charge is 0.156 e. The Morgan fingerprint density at radius 2 is 2.05 bits per heavy atom. The second kappa shape index (κ2) is 5.64. The van der Waals surface area contributed by atoms with Gasteiger partial charge in [0.1, 0.15) is 5.78 Å². The van der Waals surface area contributed by atoms with E-state index >= 15 is 0 Å². The fourth-order valence-electron chi connectivity index (χ4n) is 5.02. The van der Waals surface area contributed by atoms with E-state index in [-0.39, 0.29) is 11.2 Å². The molecule has 0 fully saturated rings. The molecule has 2 heteroatoms. The quantitative estimate of drug-likeness (QED) is 0.765. The Hall–Kier alpha value is -1.44. The van der Waals surface area contributed by atoms with Gasteiger partial charge in [-0.3, -0.25) is 9.59 Å². The number of carbonyl (C=O) groups is 2. The Labute approximate surface area is 133 Å². The summed E-state index contributed by atoms with van der Waals surface area (Å²) in [7, 11) is 0. The summed E-state index contributed by atoms with van der Waals surface area (Å²) in [6.45, 7) is 6.11. The first-order valence-electron chi connectivity index (χ1n) is 8.70. The van der Waals surface area contributed by atoms with E-state index in [1.165, 1.54) is 16.7 Å². The molecule has 22 heavy (non-hydrogen) atoms. The van der Waals surface area contributed by atoms with E-state index in [2.05, 4.69) is 26.0 Å². The molecule has 3 rings (SSSR count). The van der Waals surface area contributed by atoms with Crippen LogP contribution < -0.4 is 0 Å². The third-order valence-electron chi connectivity index (χ3n) is 6.20. The monoisotopic (exact) mass is 298 g/mol. The van der Waals surface area contributed by atoms with Crippen molar-refractivity contribution in [3.8, 4) is 0 Å². The van der Waals surface area contributed by atoms with Gasteiger partial charge in [-0.25, -0.2) is 0 Å². The normalized spacial score (nSPS) is 34.1. The molecule has 0 aromatic heterocycles. The number of allylic oxidation sites excluding steroid dienone is 6. The Balaban J connectivity index is 2.12. The van der Waals surface area contributed by atoms with Gasteiger partial charge < -0.3 is 0 Å². The number of rotatable bonds is 3. The summed E-state index contributed by atoms with van der Waals surface area (Å²) < 4.78 is 0. The minimum atomic E-state index is -0.283. The Kier molecular flexibility index (Phi) is 3.96. The van der Waals surface area contributed by atoms with Crippen molar-refractivity contribution >= 4 is 11.6 Å². The SMILES string of the molecule is CCC1[C@@H]2CCC3=CC(=O)CCC3=C2C=CC1(CC)C(C)=O. The fourth-order valence-corrected chi connectivity index (χ4v) is 5.02. The van der Waals surface area contributed by atoms with E-state index in [4.69, 9.17) is 0 Å². The molecule has 3 aliphatic carbocycles. The predicted octanol–water partition coefficient (Wildman–Crippen LogP) is 4.56. The molecule has 0 amide bonds. The zero-order chi connectivity index (χ0) is 15.9. The lowest BCUT2D eigenvalue weighted by Crippen LogP contribution is -2.43. The van der Waals surface area contributed by atoms with Gasteiger partial charge in [-0.15, -0.1) is 0 Å². The first-order chi connectivity index (χ1) is 10.5. The molecule has 0 N–H and O–H groups in total. The van der Waals surface area contributed by atoms with Crippen LogP contribution in [-0.4, -0.2) is 11.6 Å². The number of hydrogen-bond donors (Lipinski definition) is 0. The van der Waals surface area contributed by atoms with Gasteiger partial charge in [0.15, 0.2) is 5.78 Å². The average Bonchev–Trinajstić information content (AvgIpc) is 2.52. The maximum absolute atomic E-state index is 12.4. The molecule has 0 aromatic carbocycles. The third-order valence-corrected chi connectivity index (χ3v) is 6.20. The number of carbonyl (C=O) groups excluding carboxylic acids is 2. The predicted molar refractivity (Wildman–Crippen MR) is 88.4 cm³/mol. The molecular formula is C20H26O2. The highest BCUT2D eigenvalue weighted by atomic mass is 16.1. The molecule has 0 spiro atoms. The van der Waals surface area contributed by atoms with Crippen LogP contribution in [0.15, 0.2) is 34.9 Å². The van der Waals surface area contributed by atoms with Crippen molar-refractivity contribution in [1.29, 1.82) is 0 Å². The van der Waals surface area contributed by atoms with Crippen LogP contribution in [0.1, 0.15) is 59.3 Å². The van der Waals surface area contributed by atoms with Crippen molar-refractivity contribution in [3.63, 3.8) is 0 Å². The first kappa shape index (κ1) is 15.5. The summed E-state index contributed by atoms with van der Waals surface area (Å²) in [6.07, 6.45) is 11.8. The van der Waals surface area contributed by atoms with Crippen molar-refractivity contribution in [2.45, 2.75) is 59.3 Å². The second-order valence-electron chi connectivity index (χ2n) is 7.01. The van der Waals surface area contributed by atoms with E-state index in [1.54, 1.807) is 6.92 Å². The van der Waals surface area contributed by atoms with Crippen molar-refractivity contribution in [2.75, 3.05) is 0 Å². The molecule has 0 radical (unpaired) electrons. The summed E-state index contributed by atoms with van der Waals surface area (Å²) in [5.74, 6) is 1.47. The van der Waals surface area contributed by atoms with Gasteiger partial charge in [0, 0.05) is 6.42 Å². The molecule has 3 aliphatic rings. The molecule has 118 valence electrons. The van der Waals surface area contributed by atoms with Crippen molar-refractivity contribution < 1.29 is 9.59 Å². The molecular weight excluding hydrogens is 272 g/mol. The average molecular weight is 298 g/mol. The number of Topliss-reactive ketones (excluding diaryl/α,β-unsaturated/α-hetero) is 1. The molecule has 0 saturated heterocycles. The highest BCUT2D eigenvalue weighted by Gasteiger charge is 2.47. The largest absolute Gasteiger partial charge is 0.299 e. The van der Waals surface area contributed by atoms with Crippen LogP contribution in [0.25, 0.3) is 0 Å². The van der Waals surface area contributed by atoms with Crippen LogP contribution in [0.2, 0.25) is 0 Å². The highest BCUT2D eigenvalue weighted by Crippen LogP contribution is 2.53. The molecule has 2 nitrogen and oxygen atoms in total. The molecule has 0 bridgehead atoms. The van der Waals surface area contributed by atoms with Gasteiger partial charge in [-0.05, 0) is 67.2 Å². The van der Waals surface area contributed by atoms with E-state index in [1.807, 2.05) is 6.08 Å². The van der Waals surface area contributed by atoms with Gasteiger partial charge in [0.25, 0.3) is 0 Å². The molecule has 3 atom stereocenters. The minimum absolute atomic E-state index is 0.274. The second-order valence-corrected chi connectivity index (χ2v) is 7.01. The van der Waals surface area contributed by atoms with Gasteiger partial charge in [0.05, 0.1) is 5.41 Å². The fraction of sp³-hybridized carbons (Fsp3) is 0.600. The van der Waals surface area contributed by atoms with Crippen LogP contribution in [0.5, 0.6) is 0 Å². The lowest BCUT2D eigenvalue weighted by molar-refractivity contribution is -0.128. The van der Waals surface area contributed by atoms with Crippen LogP contribution in [-0.2, 0) is 9.59 Å². The van der Waals surface area contributed by atoms with E-state index in [0.717, 1.165) is 32.1 Å². The molecule has 0 heterocycles. The number of ketones is 2. The van der Waals surface area contributed by atoms with Gasteiger partial charge >= 0.3 is 0 Å². The minimum Gasteiger partial charge on any atom is -0.299 e.